The van der Waals surface area contributed by atoms with Gasteiger partial charge in [0.05, 0.1) is 11.1 Å². The molecule has 0 bridgehead atoms. The van der Waals surface area contributed by atoms with E-state index in [1.165, 1.54) is 0 Å². The van der Waals surface area contributed by atoms with Gasteiger partial charge in [0.25, 0.3) is 0 Å². The highest BCUT2D eigenvalue weighted by molar-refractivity contribution is 9.10. The maximum atomic E-state index is 9.26. The molecule has 3 nitrogen and oxygen atoms in total. The molecular formula is C12H8Br2ClNO2. The van der Waals surface area contributed by atoms with Crippen molar-refractivity contribution in [2.24, 2.45) is 0 Å². The highest BCUT2D eigenvalue weighted by Gasteiger charge is 2.09. The van der Waals surface area contributed by atoms with E-state index < -0.39 is 0 Å². The summed E-state index contributed by atoms with van der Waals surface area (Å²) in [5, 5.41) is 9.87. The lowest BCUT2D eigenvalue weighted by Crippen LogP contribution is -1.95. The van der Waals surface area contributed by atoms with E-state index in [0.29, 0.717) is 22.2 Å². The summed E-state index contributed by atoms with van der Waals surface area (Å²) in [5.74, 6) is 0.952. The topological polar surface area (TPSA) is 42.4 Å². The largest absolute Gasteiger partial charge is 0.437 e. The van der Waals surface area contributed by atoms with Crippen LogP contribution >= 0.6 is 43.5 Å². The molecule has 0 aliphatic rings. The first-order chi connectivity index (χ1) is 8.60. The molecule has 0 spiro atoms. The number of benzene rings is 1. The zero-order valence-electron chi connectivity index (χ0n) is 9.03. The number of rotatable bonds is 3. The molecule has 0 fully saturated rings. The molecule has 94 valence electrons. The number of pyridine rings is 1. The smallest absolute Gasteiger partial charge is 0.224 e. The molecule has 1 N–H and O–H groups in total. The van der Waals surface area contributed by atoms with E-state index in [2.05, 4.69) is 36.8 Å². The molecule has 0 radical (unpaired) electrons. The lowest BCUT2D eigenvalue weighted by Gasteiger charge is -2.10. The highest BCUT2D eigenvalue weighted by atomic mass is 79.9. The standard InChI is InChI=1S/C12H8Br2ClNO2/c13-8-3-7(6-17)12(16-5-8)18-11-2-1-9(15)4-10(11)14/h1-5,17H,6H2. The summed E-state index contributed by atoms with van der Waals surface area (Å²) in [6.07, 6.45) is 1.61. The van der Waals surface area contributed by atoms with Crippen LogP contribution in [0.5, 0.6) is 11.6 Å². The molecule has 6 heteroatoms. The van der Waals surface area contributed by atoms with Gasteiger partial charge in [-0.2, -0.15) is 0 Å². The number of aromatic nitrogens is 1. The second kappa shape index (κ2) is 6.02. The van der Waals surface area contributed by atoms with Gasteiger partial charge in [-0.3, -0.25) is 0 Å². The van der Waals surface area contributed by atoms with Crippen molar-refractivity contribution in [2.45, 2.75) is 6.61 Å². The summed E-state index contributed by atoms with van der Waals surface area (Å²) in [6.45, 7) is -0.146. The average Bonchev–Trinajstić information content (AvgIpc) is 2.34. The van der Waals surface area contributed by atoms with Gasteiger partial charge in [0, 0.05) is 21.3 Å². The van der Waals surface area contributed by atoms with Crippen LogP contribution in [0.3, 0.4) is 0 Å². The van der Waals surface area contributed by atoms with E-state index >= 15 is 0 Å². The monoisotopic (exact) mass is 391 g/mol. The Labute approximate surface area is 126 Å². The Kier molecular flexibility index (Phi) is 4.61. The van der Waals surface area contributed by atoms with Gasteiger partial charge in [-0.1, -0.05) is 11.6 Å². The summed E-state index contributed by atoms with van der Waals surface area (Å²) in [7, 11) is 0. The van der Waals surface area contributed by atoms with Gasteiger partial charge >= 0.3 is 0 Å². The lowest BCUT2D eigenvalue weighted by atomic mass is 10.3. The third-order valence-corrected chi connectivity index (χ3v) is 3.45. The normalized spacial score (nSPS) is 10.4. The molecule has 1 aromatic carbocycles. The van der Waals surface area contributed by atoms with Gasteiger partial charge in [0.15, 0.2) is 0 Å². The number of halogens is 3. The molecule has 1 heterocycles. The van der Waals surface area contributed by atoms with Gasteiger partial charge in [0.2, 0.25) is 5.88 Å². The maximum Gasteiger partial charge on any atom is 0.224 e. The van der Waals surface area contributed by atoms with Gasteiger partial charge in [-0.05, 0) is 56.1 Å². The predicted molar refractivity (Wildman–Crippen MR) is 77.1 cm³/mol. The molecule has 2 rings (SSSR count). The van der Waals surface area contributed by atoms with Gasteiger partial charge in [0.1, 0.15) is 5.75 Å². The van der Waals surface area contributed by atoms with Crippen LogP contribution in [-0.4, -0.2) is 10.1 Å². The summed E-state index contributed by atoms with van der Waals surface area (Å²) in [5.41, 5.74) is 0.603. The number of aliphatic hydroxyl groups is 1. The molecular weight excluding hydrogens is 385 g/mol. The van der Waals surface area contributed by atoms with E-state index in [9.17, 15) is 5.11 Å². The van der Waals surface area contributed by atoms with Gasteiger partial charge in [-0.25, -0.2) is 4.98 Å². The molecule has 0 saturated heterocycles. The minimum atomic E-state index is -0.146. The average molecular weight is 393 g/mol. The van der Waals surface area contributed by atoms with Crippen LogP contribution < -0.4 is 4.74 Å². The third kappa shape index (κ3) is 3.23. The van der Waals surface area contributed by atoms with Gasteiger partial charge in [-0.15, -0.1) is 0 Å². The van der Waals surface area contributed by atoms with Gasteiger partial charge < -0.3 is 9.84 Å². The second-order valence-electron chi connectivity index (χ2n) is 3.45. The van der Waals surface area contributed by atoms with Crippen LogP contribution in [-0.2, 0) is 6.61 Å². The van der Waals surface area contributed by atoms with Crippen molar-refractivity contribution in [1.82, 2.24) is 4.98 Å². The summed E-state index contributed by atoms with van der Waals surface area (Å²) >= 11 is 12.5. The quantitative estimate of drug-likeness (QED) is 0.832. The van der Waals surface area contributed by atoms with Crippen LogP contribution in [0.25, 0.3) is 0 Å². The lowest BCUT2D eigenvalue weighted by molar-refractivity contribution is 0.275. The van der Waals surface area contributed by atoms with Crippen molar-refractivity contribution in [2.75, 3.05) is 0 Å². The Morgan fingerprint density at radius 3 is 2.72 bits per heavy atom. The van der Waals surface area contributed by atoms with E-state index in [1.54, 1.807) is 30.5 Å². The molecule has 0 unspecified atom stereocenters. The Morgan fingerprint density at radius 1 is 1.28 bits per heavy atom. The van der Waals surface area contributed by atoms with Crippen LogP contribution in [0.2, 0.25) is 5.02 Å². The zero-order valence-corrected chi connectivity index (χ0v) is 13.0. The molecule has 2 aromatic rings. The van der Waals surface area contributed by atoms with Crippen molar-refractivity contribution in [1.29, 1.82) is 0 Å². The van der Waals surface area contributed by atoms with Crippen molar-refractivity contribution >= 4 is 43.5 Å². The van der Waals surface area contributed by atoms with Crippen molar-refractivity contribution < 1.29 is 9.84 Å². The zero-order chi connectivity index (χ0) is 13.1. The summed E-state index contributed by atoms with van der Waals surface area (Å²) in [4.78, 5) is 4.12. The van der Waals surface area contributed by atoms with Crippen LogP contribution in [0.15, 0.2) is 39.4 Å². The number of ether oxygens (including phenoxy) is 1. The summed E-state index contributed by atoms with van der Waals surface area (Å²) < 4.78 is 7.16. The number of nitrogens with zero attached hydrogens (tertiary/aromatic N) is 1. The molecule has 1 aromatic heterocycles. The fraction of sp³-hybridized carbons (Fsp3) is 0.0833. The fourth-order valence-corrected chi connectivity index (χ4v) is 2.48. The maximum absolute atomic E-state index is 9.26. The van der Waals surface area contributed by atoms with Crippen molar-refractivity contribution in [3.05, 3.63) is 50.0 Å². The highest BCUT2D eigenvalue weighted by Crippen LogP contribution is 2.32. The number of aliphatic hydroxyl groups excluding tert-OH is 1. The van der Waals surface area contributed by atoms with E-state index in [1.807, 2.05) is 0 Å². The van der Waals surface area contributed by atoms with Crippen LogP contribution in [0, 0.1) is 0 Å². The second-order valence-corrected chi connectivity index (χ2v) is 5.66. The first-order valence-corrected chi connectivity index (χ1v) is 6.94. The summed E-state index contributed by atoms with van der Waals surface area (Å²) in [6, 6.07) is 6.94. The molecule has 0 aliphatic carbocycles. The first-order valence-electron chi connectivity index (χ1n) is 4.98. The van der Waals surface area contributed by atoms with E-state index in [-0.39, 0.29) is 6.61 Å². The molecule has 0 atom stereocenters. The minimum absolute atomic E-state index is 0.146. The fourth-order valence-electron chi connectivity index (χ4n) is 1.34. The van der Waals surface area contributed by atoms with E-state index in [4.69, 9.17) is 16.3 Å². The Balaban J connectivity index is 2.33. The Bertz CT molecular complexity index is 578. The van der Waals surface area contributed by atoms with E-state index in [0.717, 1.165) is 8.95 Å². The van der Waals surface area contributed by atoms with Crippen LogP contribution in [0.1, 0.15) is 5.56 Å². The third-order valence-electron chi connectivity index (χ3n) is 2.16. The predicted octanol–water partition coefficient (Wildman–Crippen LogP) is 4.54. The number of hydrogen-bond acceptors (Lipinski definition) is 3. The van der Waals surface area contributed by atoms with Crippen molar-refractivity contribution in [3.8, 4) is 11.6 Å². The molecule has 0 aliphatic heterocycles. The van der Waals surface area contributed by atoms with Crippen LogP contribution in [0.4, 0.5) is 0 Å². The number of hydrogen-bond donors (Lipinski definition) is 1. The van der Waals surface area contributed by atoms with Crippen molar-refractivity contribution in [3.63, 3.8) is 0 Å². The molecule has 0 amide bonds. The Morgan fingerprint density at radius 2 is 2.06 bits per heavy atom. The Hall–Kier alpha value is -0.620. The minimum Gasteiger partial charge on any atom is -0.437 e. The molecule has 18 heavy (non-hydrogen) atoms. The molecule has 0 saturated carbocycles. The SMILES string of the molecule is OCc1cc(Br)cnc1Oc1ccc(Cl)cc1Br. The first kappa shape index (κ1) is 13.8.